The molecule has 0 spiro atoms. The first-order valence-electron chi connectivity index (χ1n) is 5.32. The van der Waals surface area contributed by atoms with Crippen LogP contribution in [-0.2, 0) is 4.74 Å². The van der Waals surface area contributed by atoms with Gasteiger partial charge in [-0.25, -0.2) is 0 Å². The third kappa shape index (κ3) is 7.80. The molecule has 0 amide bonds. The Morgan fingerprint density at radius 1 is 1.23 bits per heavy atom. The van der Waals surface area contributed by atoms with Crippen molar-refractivity contribution in [1.82, 2.24) is 0 Å². The molecule has 76 valence electrons. The topological polar surface area (TPSA) is 33.0 Å². The average molecular weight is 183 g/mol. The highest BCUT2D eigenvalue weighted by atomic mass is 16.5. The molecule has 0 aromatic carbocycles. The molecule has 0 aromatic heterocycles. The molecule has 0 aliphatic rings. The van der Waals surface area contributed by atoms with Crippen molar-refractivity contribution in [3.63, 3.8) is 0 Å². The molecular weight excluding hydrogens is 162 g/mol. The summed E-state index contributed by atoms with van der Waals surface area (Å²) >= 11 is 0. The highest BCUT2D eigenvalue weighted by Crippen LogP contribution is 2.07. The predicted octanol–water partition coefficient (Wildman–Crippen LogP) is 3.13. The maximum absolute atomic E-state index is 8.78. The van der Waals surface area contributed by atoms with Gasteiger partial charge in [-0.3, -0.25) is 0 Å². The van der Waals surface area contributed by atoms with Gasteiger partial charge in [-0.1, -0.05) is 33.1 Å². The van der Waals surface area contributed by atoms with Crippen molar-refractivity contribution in [3.05, 3.63) is 0 Å². The van der Waals surface area contributed by atoms with E-state index in [2.05, 4.69) is 19.9 Å². The predicted molar refractivity (Wildman–Crippen MR) is 54.4 cm³/mol. The van der Waals surface area contributed by atoms with Crippen LogP contribution in [0.3, 0.4) is 0 Å². The van der Waals surface area contributed by atoms with Crippen LogP contribution in [0.15, 0.2) is 0 Å². The van der Waals surface area contributed by atoms with E-state index in [9.17, 15) is 0 Å². The largest absolute Gasteiger partial charge is 0.380 e. The summed E-state index contributed by atoms with van der Waals surface area (Å²) in [7, 11) is 0. The second-order valence-corrected chi connectivity index (χ2v) is 3.40. The van der Waals surface area contributed by atoms with Crippen LogP contribution in [-0.4, -0.2) is 13.2 Å². The molecule has 0 fully saturated rings. The van der Waals surface area contributed by atoms with Gasteiger partial charge >= 0.3 is 0 Å². The van der Waals surface area contributed by atoms with Gasteiger partial charge in [-0.05, 0) is 12.8 Å². The van der Waals surface area contributed by atoms with Gasteiger partial charge in [0.2, 0.25) is 0 Å². The van der Waals surface area contributed by atoms with Crippen LogP contribution in [0.25, 0.3) is 0 Å². The molecule has 0 rings (SSSR count). The Bertz CT molecular complexity index is 140. The maximum atomic E-state index is 8.78. The summed E-state index contributed by atoms with van der Waals surface area (Å²) in [6.07, 6.45) is 5.54. The molecule has 13 heavy (non-hydrogen) atoms. The minimum absolute atomic E-state index is 0.108. The third-order valence-corrected chi connectivity index (χ3v) is 2.05. The molecule has 0 radical (unpaired) electrons. The summed E-state index contributed by atoms with van der Waals surface area (Å²) in [4.78, 5) is 0. The molecule has 2 nitrogen and oxygen atoms in total. The third-order valence-electron chi connectivity index (χ3n) is 2.05. The van der Waals surface area contributed by atoms with E-state index in [-0.39, 0.29) is 5.92 Å². The van der Waals surface area contributed by atoms with Gasteiger partial charge in [-0.15, -0.1) is 0 Å². The molecule has 0 aliphatic heterocycles. The van der Waals surface area contributed by atoms with Gasteiger partial charge in [0.15, 0.2) is 0 Å². The molecular formula is C11H21NO. The fraction of sp³-hybridized carbons (Fsp3) is 0.909. The van der Waals surface area contributed by atoms with Crippen molar-refractivity contribution in [2.75, 3.05) is 13.2 Å². The van der Waals surface area contributed by atoms with Crippen molar-refractivity contribution in [1.29, 1.82) is 5.26 Å². The lowest BCUT2D eigenvalue weighted by Gasteiger charge is -2.08. The Morgan fingerprint density at radius 2 is 1.92 bits per heavy atom. The summed E-state index contributed by atoms with van der Waals surface area (Å²) in [6.45, 7) is 5.71. The number of hydrogen-bond acceptors (Lipinski definition) is 2. The Morgan fingerprint density at radius 3 is 2.46 bits per heavy atom. The lowest BCUT2D eigenvalue weighted by molar-refractivity contribution is 0.109. The molecule has 0 saturated carbocycles. The first-order chi connectivity index (χ1) is 6.35. The fourth-order valence-electron chi connectivity index (χ4n) is 1.11. The molecule has 1 atom stereocenters. The molecule has 1 unspecified atom stereocenters. The number of nitriles is 1. The summed E-state index contributed by atoms with van der Waals surface area (Å²) < 4.78 is 5.40. The van der Waals surface area contributed by atoms with Crippen LogP contribution in [0.4, 0.5) is 0 Å². The summed E-state index contributed by atoms with van der Waals surface area (Å²) in [5, 5.41) is 8.78. The van der Waals surface area contributed by atoms with Crippen molar-refractivity contribution in [2.45, 2.75) is 46.0 Å². The molecule has 0 aromatic rings. The van der Waals surface area contributed by atoms with Crippen LogP contribution >= 0.6 is 0 Å². The van der Waals surface area contributed by atoms with Crippen LogP contribution in [0, 0.1) is 17.2 Å². The van der Waals surface area contributed by atoms with E-state index >= 15 is 0 Å². The lowest BCUT2D eigenvalue weighted by atomic mass is 10.1. The first-order valence-corrected chi connectivity index (χ1v) is 5.32. The summed E-state index contributed by atoms with van der Waals surface area (Å²) in [6, 6.07) is 2.29. The molecule has 2 heteroatoms. The van der Waals surface area contributed by atoms with Gasteiger partial charge in [0.05, 0.1) is 18.6 Å². The smallest absolute Gasteiger partial charge is 0.0697 e. The molecule has 0 saturated heterocycles. The fourth-order valence-corrected chi connectivity index (χ4v) is 1.11. The van der Waals surface area contributed by atoms with Gasteiger partial charge in [0.1, 0.15) is 0 Å². The Kier molecular flexibility index (Phi) is 9.13. The zero-order valence-corrected chi connectivity index (χ0v) is 8.88. The average Bonchev–Trinajstić information content (AvgIpc) is 2.17. The number of unbranched alkanes of at least 4 members (excludes halogenated alkanes) is 2. The van der Waals surface area contributed by atoms with Crippen molar-refractivity contribution in [2.24, 2.45) is 5.92 Å². The zero-order valence-electron chi connectivity index (χ0n) is 8.88. The van der Waals surface area contributed by atoms with E-state index < -0.39 is 0 Å². The normalized spacial score (nSPS) is 12.4. The number of ether oxygens (including phenoxy) is 1. The van der Waals surface area contributed by atoms with E-state index in [1.54, 1.807) is 0 Å². The van der Waals surface area contributed by atoms with Crippen molar-refractivity contribution >= 4 is 0 Å². The second kappa shape index (κ2) is 9.54. The van der Waals surface area contributed by atoms with Gasteiger partial charge < -0.3 is 4.74 Å². The summed E-state index contributed by atoms with van der Waals surface area (Å²) in [5.41, 5.74) is 0. The molecule has 0 heterocycles. The number of hydrogen-bond donors (Lipinski definition) is 0. The standard InChI is InChI=1S/C11H21NO/c1-3-5-7-11(9-12)10-13-8-6-4-2/h11H,3-8,10H2,1-2H3. The Labute approximate surface area is 81.9 Å². The van der Waals surface area contributed by atoms with Crippen LogP contribution in [0.2, 0.25) is 0 Å². The number of rotatable bonds is 8. The van der Waals surface area contributed by atoms with E-state index in [1.807, 2.05) is 0 Å². The monoisotopic (exact) mass is 183 g/mol. The maximum Gasteiger partial charge on any atom is 0.0697 e. The van der Waals surface area contributed by atoms with Gasteiger partial charge in [-0.2, -0.15) is 5.26 Å². The van der Waals surface area contributed by atoms with Crippen molar-refractivity contribution in [3.8, 4) is 6.07 Å². The van der Waals surface area contributed by atoms with Crippen LogP contribution < -0.4 is 0 Å². The van der Waals surface area contributed by atoms with E-state index in [0.717, 1.165) is 38.7 Å². The minimum atomic E-state index is 0.108. The quantitative estimate of drug-likeness (QED) is 0.542. The zero-order chi connectivity index (χ0) is 9.94. The SMILES string of the molecule is CCCCOCC(C#N)CCCC. The number of nitrogens with zero attached hydrogens (tertiary/aromatic N) is 1. The minimum Gasteiger partial charge on any atom is -0.380 e. The summed E-state index contributed by atoms with van der Waals surface area (Å²) in [5.74, 6) is 0.108. The second-order valence-electron chi connectivity index (χ2n) is 3.40. The Balaban J connectivity index is 3.32. The van der Waals surface area contributed by atoms with E-state index in [4.69, 9.17) is 10.00 Å². The lowest BCUT2D eigenvalue weighted by Crippen LogP contribution is -2.08. The van der Waals surface area contributed by atoms with E-state index in [0.29, 0.717) is 6.61 Å². The van der Waals surface area contributed by atoms with Crippen LogP contribution in [0.1, 0.15) is 46.0 Å². The highest BCUT2D eigenvalue weighted by molar-refractivity contribution is 4.81. The van der Waals surface area contributed by atoms with E-state index in [1.165, 1.54) is 0 Å². The molecule has 0 bridgehead atoms. The highest BCUT2D eigenvalue weighted by Gasteiger charge is 2.05. The molecule has 0 N–H and O–H groups in total. The van der Waals surface area contributed by atoms with Crippen molar-refractivity contribution < 1.29 is 4.74 Å². The molecule has 0 aliphatic carbocycles. The van der Waals surface area contributed by atoms with Gasteiger partial charge in [0, 0.05) is 6.61 Å². The Hall–Kier alpha value is -0.550. The van der Waals surface area contributed by atoms with Crippen LogP contribution in [0.5, 0.6) is 0 Å². The van der Waals surface area contributed by atoms with Gasteiger partial charge in [0.25, 0.3) is 0 Å². The first kappa shape index (κ1) is 12.4.